The predicted octanol–water partition coefficient (Wildman–Crippen LogP) is 2.72. The lowest BCUT2D eigenvalue weighted by molar-refractivity contribution is -0.142. The van der Waals surface area contributed by atoms with Crippen LogP contribution in [0.4, 0.5) is 0 Å². The maximum Gasteiger partial charge on any atom is 0.353 e. The Bertz CT molecular complexity index is 264. The third-order valence-electron chi connectivity index (χ3n) is 1.50. The van der Waals surface area contributed by atoms with E-state index < -0.39 is 7.60 Å². The highest BCUT2D eigenvalue weighted by atomic mass is 31.2. The zero-order valence-electron chi connectivity index (χ0n) is 9.97. The van der Waals surface area contributed by atoms with E-state index in [1.54, 1.807) is 20.8 Å². The number of esters is 1. The van der Waals surface area contributed by atoms with E-state index in [1.165, 1.54) is 11.9 Å². The molecule has 0 aliphatic rings. The summed E-state index contributed by atoms with van der Waals surface area (Å²) in [4.78, 5) is 11.0. The number of carbonyl (C=O) groups is 1. The van der Waals surface area contributed by atoms with Crippen molar-refractivity contribution in [2.24, 2.45) is 0 Å². The lowest BCUT2D eigenvalue weighted by atomic mass is 10.4. The van der Waals surface area contributed by atoms with E-state index in [1.807, 2.05) is 0 Å². The van der Waals surface area contributed by atoms with Gasteiger partial charge in [0.2, 0.25) is 0 Å². The van der Waals surface area contributed by atoms with Crippen molar-refractivity contribution < 1.29 is 23.1 Å². The van der Waals surface area contributed by atoms with Gasteiger partial charge in [0.1, 0.15) is 0 Å². The van der Waals surface area contributed by atoms with Crippen LogP contribution in [0.15, 0.2) is 11.9 Å². The SMILES string of the molecule is CCOC(=O)CC=CP(=O)(OCC)OCC. The fourth-order valence-corrected chi connectivity index (χ4v) is 2.31. The molecule has 0 amide bonds. The van der Waals surface area contributed by atoms with Gasteiger partial charge in [-0.15, -0.1) is 0 Å². The zero-order chi connectivity index (χ0) is 12.4. The highest BCUT2D eigenvalue weighted by Crippen LogP contribution is 2.49. The monoisotopic (exact) mass is 250 g/mol. The summed E-state index contributed by atoms with van der Waals surface area (Å²) in [6.45, 7) is 6.10. The van der Waals surface area contributed by atoms with Gasteiger partial charge < -0.3 is 13.8 Å². The van der Waals surface area contributed by atoms with E-state index in [9.17, 15) is 9.36 Å². The molecular formula is C10H19O5P. The minimum atomic E-state index is -3.18. The quantitative estimate of drug-likeness (QED) is 0.489. The number of ether oxygens (including phenoxy) is 1. The minimum Gasteiger partial charge on any atom is -0.466 e. The molecule has 16 heavy (non-hydrogen) atoms. The number of hydrogen-bond acceptors (Lipinski definition) is 5. The van der Waals surface area contributed by atoms with E-state index in [0.29, 0.717) is 19.8 Å². The van der Waals surface area contributed by atoms with Crippen LogP contribution in [-0.2, 0) is 23.1 Å². The maximum atomic E-state index is 11.9. The molecule has 94 valence electrons. The Morgan fingerprint density at radius 3 is 2.12 bits per heavy atom. The van der Waals surface area contributed by atoms with Crippen molar-refractivity contribution in [3.8, 4) is 0 Å². The van der Waals surface area contributed by atoms with Gasteiger partial charge >= 0.3 is 13.6 Å². The largest absolute Gasteiger partial charge is 0.466 e. The Morgan fingerprint density at radius 2 is 1.69 bits per heavy atom. The average molecular weight is 250 g/mol. The average Bonchev–Trinajstić information content (AvgIpc) is 2.18. The summed E-state index contributed by atoms with van der Waals surface area (Å²) < 4.78 is 26.6. The van der Waals surface area contributed by atoms with Crippen molar-refractivity contribution >= 4 is 13.6 Å². The number of rotatable bonds is 8. The van der Waals surface area contributed by atoms with E-state index in [4.69, 9.17) is 13.8 Å². The summed E-state index contributed by atoms with van der Waals surface area (Å²) in [5.41, 5.74) is 0. The van der Waals surface area contributed by atoms with Gasteiger partial charge in [-0.25, -0.2) is 0 Å². The molecule has 0 aliphatic carbocycles. The molecule has 0 N–H and O–H groups in total. The summed E-state index contributed by atoms with van der Waals surface area (Å²) in [5, 5.41) is 0. The maximum absolute atomic E-state index is 11.9. The fraction of sp³-hybridized carbons (Fsp3) is 0.700. The highest BCUT2D eigenvalue weighted by molar-refractivity contribution is 7.57. The first-order valence-corrected chi connectivity index (χ1v) is 6.91. The van der Waals surface area contributed by atoms with Crippen molar-refractivity contribution in [3.63, 3.8) is 0 Å². The smallest absolute Gasteiger partial charge is 0.353 e. The molecule has 0 rings (SSSR count). The summed E-state index contributed by atoms with van der Waals surface area (Å²) >= 11 is 0. The van der Waals surface area contributed by atoms with Crippen LogP contribution in [0.5, 0.6) is 0 Å². The van der Waals surface area contributed by atoms with Crippen molar-refractivity contribution in [1.82, 2.24) is 0 Å². The van der Waals surface area contributed by atoms with Crippen LogP contribution in [0.25, 0.3) is 0 Å². The Labute approximate surface area is 96.3 Å². The topological polar surface area (TPSA) is 61.8 Å². The summed E-state index contributed by atoms with van der Waals surface area (Å²) in [7, 11) is -3.18. The van der Waals surface area contributed by atoms with Crippen LogP contribution in [0.3, 0.4) is 0 Å². The van der Waals surface area contributed by atoms with E-state index in [-0.39, 0.29) is 12.4 Å². The molecule has 0 atom stereocenters. The Morgan fingerprint density at radius 1 is 1.12 bits per heavy atom. The molecule has 0 aromatic carbocycles. The summed E-state index contributed by atoms with van der Waals surface area (Å²) in [6, 6.07) is 0. The third kappa shape index (κ3) is 6.77. The second kappa shape index (κ2) is 8.50. The van der Waals surface area contributed by atoms with E-state index >= 15 is 0 Å². The van der Waals surface area contributed by atoms with Gasteiger partial charge in [-0.2, -0.15) is 0 Å². The van der Waals surface area contributed by atoms with Crippen molar-refractivity contribution in [1.29, 1.82) is 0 Å². The first-order valence-electron chi connectivity index (χ1n) is 5.30. The predicted molar refractivity (Wildman–Crippen MR) is 61.2 cm³/mol. The minimum absolute atomic E-state index is 0.0674. The molecule has 5 nitrogen and oxygen atoms in total. The van der Waals surface area contributed by atoms with E-state index in [0.717, 1.165) is 0 Å². The second-order valence-corrected chi connectivity index (χ2v) is 4.66. The summed E-state index contributed by atoms with van der Waals surface area (Å²) in [6.07, 6.45) is 1.52. The van der Waals surface area contributed by atoms with Crippen LogP contribution < -0.4 is 0 Å². The van der Waals surface area contributed by atoms with Crippen LogP contribution >= 0.6 is 7.60 Å². The van der Waals surface area contributed by atoms with Gasteiger partial charge in [-0.3, -0.25) is 9.36 Å². The normalized spacial score (nSPS) is 11.9. The van der Waals surface area contributed by atoms with Gasteiger partial charge in [0.25, 0.3) is 0 Å². The molecule has 0 fully saturated rings. The molecule has 6 heteroatoms. The van der Waals surface area contributed by atoms with Crippen LogP contribution in [0, 0.1) is 0 Å². The van der Waals surface area contributed by atoms with E-state index in [2.05, 4.69) is 0 Å². The molecule has 0 aromatic rings. The molecule has 0 radical (unpaired) electrons. The third-order valence-corrected chi connectivity index (χ3v) is 3.31. The Kier molecular flexibility index (Phi) is 8.16. The summed E-state index contributed by atoms with van der Waals surface area (Å²) in [5.74, 6) is 0.940. The van der Waals surface area contributed by atoms with Gasteiger partial charge in [-0.1, -0.05) is 6.08 Å². The fourth-order valence-electron chi connectivity index (χ4n) is 0.981. The molecule has 0 saturated carbocycles. The number of hydrogen-bond donors (Lipinski definition) is 0. The first kappa shape index (κ1) is 15.4. The highest BCUT2D eigenvalue weighted by Gasteiger charge is 2.18. The molecule has 0 spiro atoms. The molecule has 0 heterocycles. The van der Waals surface area contributed by atoms with Crippen LogP contribution in [0.1, 0.15) is 27.2 Å². The molecule has 0 saturated heterocycles. The van der Waals surface area contributed by atoms with Gasteiger partial charge in [-0.05, 0) is 20.8 Å². The van der Waals surface area contributed by atoms with Crippen LogP contribution in [0.2, 0.25) is 0 Å². The van der Waals surface area contributed by atoms with Gasteiger partial charge in [0.05, 0.1) is 26.2 Å². The second-order valence-electron chi connectivity index (χ2n) is 2.77. The Hall–Kier alpha value is -0.640. The molecule has 0 aliphatic heterocycles. The zero-order valence-corrected chi connectivity index (χ0v) is 10.9. The first-order chi connectivity index (χ1) is 7.58. The van der Waals surface area contributed by atoms with Gasteiger partial charge in [0, 0.05) is 5.82 Å². The lowest BCUT2D eigenvalue weighted by Gasteiger charge is -2.12. The standard InChI is InChI=1S/C10H19O5P/c1-4-13-10(11)8-7-9-16(12,14-5-2)15-6-3/h7,9H,4-6,8H2,1-3H3. The molecule has 0 aromatic heterocycles. The lowest BCUT2D eigenvalue weighted by Crippen LogP contribution is -2.01. The molecule has 0 unspecified atom stereocenters. The van der Waals surface area contributed by atoms with Crippen molar-refractivity contribution in [2.75, 3.05) is 19.8 Å². The molecular weight excluding hydrogens is 231 g/mol. The van der Waals surface area contributed by atoms with Gasteiger partial charge in [0.15, 0.2) is 0 Å². The number of carbonyl (C=O) groups excluding carboxylic acids is 1. The Balaban J connectivity index is 4.23. The van der Waals surface area contributed by atoms with Crippen molar-refractivity contribution in [2.45, 2.75) is 27.2 Å². The van der Waals surface area contributed by atoms with Crippen LogP contribution in [-0.4, -0.2) is 25.8 Å². The molecule has 0 bridgehead atoms. The van der Waals surface area contributed by atoms with Crippen molar-refractivity contribution in [3.05, 3.63) is 11.9 Å².